The van der Waals surface area contributed by atoms with Crippen molar-refractivity contribution < 1.29 is 4.74 Å². The highest BCUT2D eigenvalue weighted by molar-refractivity contribution is 5.85. The molecule has 3 heteroatoms. The largest absolute Gasteiger partial charge is 0.496 e. The standard InChI is InChI=1S/C18H29NO.ClH/c1-5-12-19(13-6-2)18(3)11-10-16-15(14-18)8-7-9-17(16)20-4;/h7-9H,5-6,10-14H2,1-4H3;1H. The van der Waals surface area contributed by atoms with E-state index in [9.17, 15) is 0 Å². The minimum absolute atomic E-state index is 0. The van der Waals surface area contributed by atoms with Crippen molar-refractivity contribution in [1.29, 1.82) is 0 Å². The Morgan fingerprint density at radius 1 is 1.19 bits per heavy atom. The molecule has 1 atom stereocenters. The summed E-state index contributed by atoms with van der Waals surface area (Å²) in [4.78, 5) is 2.70. The number of fused-ring (bicyclic) bond motifs is 1. The molecule has 0 aliphatic heterocycles. The van der Waals surface area contributed by atoms with Crippen LogP contribution in [-0.4, -0.2) is 30.6 Å². The van der Waals surface area contributed by atoms with Crippen LogP contribution in [-0.2, 0) is 12.8 Å². The maximum Gasteiger partial charge on any atom is 0.122 e. The van der Waals surface area contributed by atoms with Crippen molar-refractivity contribution in [2.24, 2.45) is 0 Å². The van der Waals surface area contributed by atoms with Gasteiger partial charge in [0.1, 0.15) is 5.75 Å². The van der Waals surface area contributed by atoms with Crippen LogP contribution >= 0.6 is 12.4 Å². The number of nitrogens with zero attached hydrogens (tertiary/aromatic N) is 1. The first kappa shape index (κ1) is 18.3. The molecule has 1 aliphatic rings. The molecule has 2 rings (SSSR count). The van der Waals surface area contributed by atoms with E-state index in [1.54, 1.807) is 7.11 Å². The minimum Gasteiger partial charge on any atom is -0.496 e. The van der Waals surface area contributed by atoms with Gasteiger partial charge in [-0.25, -0.2) is 0 Å². The van der Waals surface area contributed by atoms with Crippen LogP contribution in [0.1, 0.15) is 51.2 Å². The summed E-state index contributed by atoms with van der Waals surface area (Å²) in [6.07, 6.45) is 6.00. The lowest BCUT2D eigenvalue weighted by Crippen LogP contribution is -2.50. The molecular formula is C18H30ClNO. The maximum absolute atomic E-state index is 5.52. The Labute approximate surface area is 136 Å². The lowest BCUT2D eigenvalue weighted by Gasteiger charge is -2.45. The summed E-state index contributed by atoms with van der Waals surface area (Å²) < 4.78 is 5.52. The summed E-state index contributed by atoms with van der Waals surface area (Å²) in [5.74, 6) is 1.07. The Morgan fingerprint density at radius 2 is 1.86 bits per heavy atom. The number of ether oxygens (including phenoxy) is 1. The molecule has 0 heterocycles. The molecule has 0 saturated carbocycles. The van der Waals surface area contributed by atoms with Crippen molar-refractivity contribution in [3.8, 4) is 5.75 Å². The van der Waals surface area contributed by atoms with E-state index in [0.717, 1.165) is 18.6 Å². The molecule has 120 valence electrons. The molecule has 1 aliphatic carbocycles. The second kappa shape index (κ2) is 8.05. The van der Waals surface area contributed by atoms with E-state index in [1.807, 2.05) is 0 Å². The van der Waals surface area contributed by atoms with Crippen molar-refractivity contribution in [3.63, 3.8) is 0 Å². The second-order valence-corrected chi connectivity index (χ2v) is 6.26. The maximum atomic E-state index is 5.52. The first-order chi connectivity index (χ1) is 9.64. The van der Waals surface area contributed by atoms with Crippen molar-refractivity contribution in [1.82, 2.24) is 4.90 Å². The van der Waals surface area contributed by atoms with Crippen molar-refractivity contribution in [2.75, 3.05) is 20.2 Å². The zero-order chi connectivity index (χ0) is 14.6. The molecule has 0 bridgehead atoms. The third kappa shape index (κ3) is 3.92. The molecule has 1 unspecified atom stereocenters. The van der Waals surface area contributed by atoms with E-state index in [1.165, 1.54) is 43.5 Å². The van der Waals surface area contributed by atoms with Crippen LogP contribution in [0.15, 0.2) is 18.2 Å². The van der Waals surface area contributed by atoms with Crippen LogP contribution < -0.4 is 4.74 Å². The minimum atomic E-state index is 0. The second-order valence-electron chi connectivity index (χ2n) is 6.26. The summed E-state index contributed by atoms with van der Waals surface area (Å²) in [5, 5.41) is 0. The number of hydrogen-bond donors (Lipinski definition) is 0. The molecular weight excluding hydrogens is 282 g/mol. The van der Waals surface area contributed by atoms with Gasteiger partial charge in [-0.05, 0) is 69.3 Å². The summed E-state index contributed by atoms with van der Waals surface area (Å²) in [5.41, 5.74) is 3.22. The molecule has 0 N–H and O–H groups in total. The zero-order valence-corrected chi connectivity index (χ0v) is 14.8. The van der Waals surface area contributed by atoms with Gasteiger partial charge in [0.2, 0.25) is 0 Å². The molecule has 1 aromatic carbocycles. The van der Waals surface area contributed by atoms with Gasteiger partial charge >= 0.3 is 0 Å². The van der Waals surface area contributed by atoms with Gasteiger partial charge in [-0.2, -0.15) is 0 Å². The Balaban J connectivity index is 0.00000220. The van der Waals surface area contributed by atoms with E-state index in [2.05, 4.69) is 43.9 Å². The summed E-state index contributed by atoms with van der Waals surface area (Å²) in [7, 11) is 1.78. The van der Waals surface area contributed by atoms with Crippen LogP contribution in [0.25, 0.3) is 0 Å². The van der Waals surface area contributed by atoms with Crippen molar-refractivity contribution >= 4 is 12.4 Å². The average Bonchev–Trinajstić information content (AvgIpc) is 2.46. The number of methoxy groups -OCH3 is 1. The normalized spacial score (nSPS) is 20.8. The lowest BCUT2D eigenvalue weighted by atomic mass is 9.77. The quantitative estimate of drug-likeness (QED) is 0.767. The number of benzene rings is 1. The zero-order valence-electron chi connectivity index (χ0n) is 13.9. The summed E-state index contributed by atoms with van der Waals surface area (Å²) in [6.45, 7) is 9.44. The smallest absolute Gasteiger partial charge is 0.122 e. The fraction of sp³-hybridized carbons (Fsp3) is 0.667. The summed E-state index contributed by atoms with van der Waals surface area (Å²) in [6, 6.07) is 6.51. The number of rotatable bonds is 6. The van der Waals surface area contributed by atoms with E-state index >= 15 is 0 Å². The highest BCUT2D eigenvalue weighted by atomic mass is 35.5. The topological polar surface area (TPSA) is 12.5 Å². The Morgan fingerprint density at radius 3 is 2.43 bits per heavy atom. The highest BCUT2D eigenvalue weighted by Crippen LogP contribution is 2.37. The van der Waals surface area contributed by atoms with Crippen LogP contribution in [0.4, 0.5) is 0 Å². The van der Waals surface area contributed by atoms with Crippen LogP contribution in [0.3, 0.4) is 0 Å². The molecule has 0 spiro atoms. The van der Waals surface area contributed by atoms with E-state index in [-0.39, 0.29) is 12.4 Å². The van der Waals surface area contributed by atoms with Crippen LogP contribution in [0.2, 0.25) is 0 Å². The fourth-order valence-electron chi connectivity index (χ4n) is 3.61. The Hall–Kier alpha value is -0.730. The first-order valence-corrected chi connectivity index (χ1v) is 8.04. The number of hydrogen-bond acceptors (Lipinski definition) is 2. The first-order valence-electron chi connectivity index (χ1n) is 8.04. The third-order valence-corrected chi connectivity index (χ3v) is 4.69. The van der Waals surface area contributed by atoms with E-state index in [0.29, 0.717) is 5.54 Å². The van der Waals surface area contributed by atoms with E-state index < -0.39 is 0 Å². The van der Waals surface area contributed by atoms with E-state index in [4.69, 9.17) is 4.74 Å². The molecule has 0 amide bonds. The SMILES string of the molecule is CCCN(CCC)C1(C)CCc2c(cccc2OC)C1.Cl. The van der Waals surface area contributed by atoms with Gasteiger partial charge in [0.15, 0.2) is 0 Å². The van der Waals surface area contributed by atoms with Gasteiger partial charge in [-0.15, -0.1) is 12.4 Å². The van der Waals surface area contributed by atoms with Gasteiger partial charge in [0.25, 0.3) is 0 Å². The van der Waals surface area contributed by atoms with Gasteiger partial charge in [0.05, 0.1) is 7.11 Å². The Bertz CT molecular complexity index is 443. The summed E-state index contributed by atoms with van der Waals surface area (Å²) >= 11 is 0. The Kier molecular flexibility index (Phi) is 7.02. The fourth-order valence-corrected chi connectivity index (χ4v) is 3.61. The predicted octanol–water partition coefficient (Wildman–Crippen LogP) is 4.49. The molecule has 1 aromatic rings. The van der Waals surface area contributed by atoms with Crippen molar-refractivity contribution in [3.05, 3.63) is 29.3 Å². The van der Waals surface area contributed by atoms with Crippen LogP contribution in [0.5, 0.6) is 5.75 Å². The molecule has 0 saturated heterocycles. The molecule has 0 aromatic heterocycles. The predicted molar refractivity (Wildman–Crippen MR) is 92.8 cm³/mol. The highest BCUT2D eigenvalue weighted by Gasteiger charge is 2.35. The molecule has 2 nitrogen and oxygen atoms in total. The molecule has 21 heavy (non-hydrogen) atoms. The third-order valence-electron chi connectivity index (χ3n) is 4.69. The van der Waals surface area contributed by atoms with Crippen LogP contribution in [0, 0.1) is 0 Å². The van der Waals surface area contributed by atoms with Gasteiger partial charge in [0, 0.05) is 5.54 Å². The van der Waals surface area contributed by atoms with Gasteiger partial charge in [-0.3, -0.25) is 4.90 Å². The van der Waals surface area contributed by atoms with Crippen molar-refractivity contribution in [2.45, 2.75) is 58.4 Å². The van der Waals surface area contributed by atoms with Gasteiger partial charge in [-0.1, -0.05) is 26.0 Å². The molecule has 0 radical (unpaired) electrons. The van der Waals surface area contributed by atoms with Gasteiger partial charge < -0.3 is 4.74 Å². The monoisotopic (exact) mass is 311 g/mol. The average molecular weight is 312 g/mol. The molecule has 0 fully saturated rings. The number of halogens is 1. The lowest BCUT2D eigenvalue weighted by molar-refractivity contribution is 0.0880.